The van der Waals surface area contributed by atoms with Crippen LogP contribution in [-0.2, 0) is 38.9 Å². The lowest BCUT2D eigenvalue weighted by Crippen LogP contribution is -2.31. The highest BCUT2D eigenvalue weighted by molar-refractivity contribution is 7.86. The van der Waals surface area contributed by atoms with Crippen LogP contribution >= 0.6 is 0 Å². The minimum Gasteiger partial charge on any atom is -0.483 e. The third-order valence-corrected chi connectivity index (χ3v) is 9.98. The predicted octanol–water partition coefficient (Wildman–Crippen LogP) is 6.18. The first-order valence-corrected chi connectivity index (χ1v) is 21.3. The van der Waals surface area contributed by atoms with Crippen LogP contribution in [0.1, 0.15) is 22.6 Å². The van der Waals surface area contributed by atoms with E-state index in [1.54, 1.807) is 27.8 Å². The Hall–Kier alpha value is -4.36. The Kier molecular flexibility index (Phi) is 11.4. The second-order valence-electron chi connectivity index (χ2n) is 12.9. The second kappa shape index (κ2) is 15.7. The zero-order valence-electron chi connectivity index (χ0n) is 27.7. The number of benzene rings is 3. The van der Waals surface area contributed by atoms with Gasteiger partial charge in [-0.3, -0.25) is 8.98 Å². The maximum atomic E-state index is 13.9. The van der Waals surface area contributed by atoms with E-state index in [0.29, 0.717) is 6.61 Å². The Morgan fingerprint density at radius 3 is 2.06 bits per heavy atom. The SMILES string of the molecule is C[Si](C)(C)CCOCn1cc(OCc2ccccc2)c(=O)c(-c2nccn2CC(OS(C)(=O)=O)C(c2ccccc2)c2ccccc2)n1. The lowest BCUT2D eigenvalue weighted by molar-refractivity contribution is 0.0766. The van der Waals surface area contributed by atoms with Crippen LogP contribution in [0.15, 0.2) is 114 Å². The normalized spacial score (nSPS) is 12.7. The third kappa shape index (κ3) is 9.83. The number of aromatic nitrogens is 4. The molecule has 5 aromatic rings. The van der Waals surface area contributed by atoms with Crippen molar-refractivity contribution in [1.29, 1.82) is 0 Å². The van der Waals surface area contributed by atoms with Crippen molar-refractivity contribution in [2.24, 2.45) is 0 Å². The number of rotatable bonds is 16. The van der Waals surface area contributed by atoms with Crippen LogP contribution < -0.4 is 10.2 Å². The molecule has 1 unspecified atom stereocenters. The number of nitrogens with zero attached hydrogens (tertiary/aromatic N) is 4. The molecule has 0 saturated heterocycles. The zero-order valence-corrected chi connectivity index (χ0v) is 29.5. The summed E-state index contributed by atoms with van der Waals surface area (Å²) in [5.74, 6) is -0.104. The quantitative estimate of drug-likeness (QED) is 0.0688. The summed E-state index contributed by atoms with van der Waals surface area (Å²) in [6.07, 6.45) is 4.95. The Morgan fingerprint density at radius 2 is 1.48 bits per heavy atom. The van der Waals surface area contributed by atoms with Crippen molar-refractivity contribution in [3.63, 3.8) is 0 Å². The molecule has 2 aromatic heterocycles. The molecular weight excluding hydrogens is 645 g/mol. The van der Waals surface area contributed by atoms with Gasteiger partial charge in [-0.25, -0.2) is 9.67 Å². The van der Waals surface area contributed by atoms with Crippen LogP contribution in [0, 0.1) is 0 Å². The summed E-state index contributed by atoms with van der Waals surface area (Å²) in [7, 11) is -5.21. The number of imidazole rings is 1. The summed E-state index contributed by atoms with van der Waals surface area (Å²) in [6, 6.07) is 29.8. The average molecular weight is 687 g/mol. The van der Waals surface area contributed by atoms with E-state index in [2.05, 4.69) is 29.7 Å². The molecule has 252 valence electrons. The molecule has 0 radical (unpaired) electrons. The van der Waals surface area contributed by atoms with Crippen molar-refractivity contribution in [1.82, 2.24) is 19.3 Å². The summed E-state index contributed by atoms with van der Waals surface area (Å²) in [6.45, 7) is 7.76. The lowest BCUT2D eigenvalue weighted by atomic mass is 9.86. The van der Waals surface area contributed by atoms with Gasteiger partial charge in [0.15, 0.2) is 17.3 Å². The van der Waals surface area contributed by atoms with Gasteiger partial charge >= 0.3 is 0 Å². The molecule has 0 aliphatic rings. The van der Waals surface area contributed by atoms with Crippen molar-refractivity contribution < 1.29 is 22.1 Å². The molecule has 1 atom stereocenters. The van der Waals surface area contributed by atoms with Gasteiger partial charge in [-0.2, -0.15) is 13.5 Å². The Bertz CT molecular complexity index is 1890. The van der Waals surface area contributed by atoms with Crippen molar-refractivity contribution in [2.75, 3.05) is 12.9 Å². The van der Waals surface area contributed by atoms with Crippen molar-refractivity contribution in [2.45, 2.75) is 57.6 Å². The van der Waals surface area contributed by atoms with E-state index in [4.69, 9.17) is 13.7 Å². The van der Waals surface area contributed by atoms with E-state index in [0.717, 1.165) is 29.0 Å². The third-order valence-electron chi connectivity index (χ3n) is 7.68. The van der Waals surface area contributed by atoms with Gasteiger partial charge in [0, 0.05) is 33.0 Å². The standard InChI is InChI=1S/C36H42N4O6SSi/c1-47(42,43)46-31(33(29-16-10-6-11-17-29)30-18-12-7-13-19-30)24-39-21-20-37-36(39)34-35(41)32(45-26-28-14-8-5-9-15-28)25-40(38-34)27-44-22-23-48(2,3)4/h5-21,25,31,33H,22-24,26-27H2,1-4H3. The second-order valence-corrected chi connectivity index (χ2v) is 20.1. The highest BCUT2D eigenvalue weighted by Crippen LogP contribution is 2.32. The molecule has 0 amide bonds. The molecule has 12 heteroatoms. The molecule has 10 nitrogen and oxygen atoms in total. The molecule has 3 aromatic carbocycles. The summed E-state index contributed by atoms with van der Waals surface area (Å²) in [5.41, 5.74) is 2.27. The van der Waals surface area contributed by atoms with E-state index < -0.39 is 35.6 Å². The lowest BCUT2D eigenvalue weighted by Gasteiger charge is -2.28. The molecular formula is C36H42N4O6SSi. The monoisotopic (exact) mass is 686 g/mol. The molecule has 0 N–H and O–H groups in total. The molecule has 0 saturated carbocycles. The number of hydrogen-bond donors (Lipinski definition) is 0. The fourth-order valence-corrected chi connectivity index (χ4v) is 6.70. The average Bonchev–Trinajstić information content (AvgIpc) is 3.51. The first-order valence-electron chi connectivity index (χ1n) is 15.8. The molecule has 0 bridgehead atoms. The molecule has 0 spiro atoms. The molecule has 0 fully saturated rings. The predicted molar refractivity (Wildman–Crippen MR) is 189 cm³/mol. The maximum absolute atomic E-state index is 13.9. The fourth-order valence-electron chi connectivity index (χ4n) is 5.33. The van der Waals surface area contributed by atoms with Crippen LogP contribution in [0.25, 0.3) is 11.5 Å². The number of ether oxygens (including phenoxy) is 2. The molecule has 2 heterocycles. The molecule has 0 aliphatic heterocycles. The van der Waals surface area contributed by atoms with Crippen LogP contribution in [0.4, 0.5) is 0 Å². The summed E-state index contributed by atoms with van der Waals surface area (Å²) in [4.78, 5) is 18.5. The number of hydrogen-bond acceptors (Lipinski definition) is 8. The van der Waals surface area contributed by atoms with Crippen LogP contribution in [0.5, 0.6) is 5.75 Å². The minimum atomic E-state index is -3.89. The Balaban J connectivity index is 1.53. The van der Waals surface area contributed by atoms with E-state index in [1.165, 1.54) is 0 Å². The van der Waals surface area contributed by atoms with Crippen molar-refractivity contribution in [3.05, 3.63) is 136 Å². The van der Waals surface area contributed by atoms with Gasteiger partial charge in [0.2, 0.25) is 0 Å². The van der Waals surface area contributed by atoms with Gasteiger partial charge in [-0.15, -0.1) is 0 Å². The van der Waals surface area contributed by atoms with Crippen LogP contribution in [0.3, 0.4) is 0 Å². The van der Waals surface area contributed by atoms with Gasteiger partial charge < -0.3 is 14.0 Å². The van der Waals surface area contributed by atoms with Gasteiger partial charge in [0.1, 0.15) is 19.4 Å². The largest absolute Gasteiger partial charge is 0.483 e. The van der Waals surface area contributed by atoms with Crippen LogP contribution in [-0.4, -0.2) is 54.8 Å². The molecule has 0 aliphatic carbocycles. The summed E-state index contributed by atoms with van der Waals surface area (Å²) in [5, 5.41) is 4.64. The highest BCUT2D eigenvalue weighted by Gasteiger charge is 2.31. The maximum Gasteiger partial charge on any atom is 0.264 e. The first kappa shape index (κ1) is 35.0. The van der Waals surface area contributed by atoms with Gasteiger partial charge in [-0.05, 0) is 22.7 Å². The van der Waals surface area contributed by atoms with Crippen molar-refractivity contribution in [3.8, 4) is 17.3 Å². The molecule has 5 rings (SSSR count). The van der Waals surface area contributed by atoms with E-state index >= 15 is 0 Å². The topological polar surface area (TPSA) is 115 Å². The van der Waals surface area contributed by atoms with E-state index in [-0.39, 0.29) is 37.2 Å². The van der Waals surface area contributed by atoms with Gasteiger partial charge in [0.25, 0.3) is 15.5 Å². The zero-order chi connectivity index (χ0) is 34.1. The Labute approximate surface area is 283 Å². The summed E-state index contributed by atoms with van der Waals surface area (Å²) < 4.78 is 46.4. The summed E-state index contributed by atoms with van der Waals surface area (Å²) >= 11 is 0. The van der Waals surface area contributed by atoms with Gasteiger partial charge in [-0.1, -0.05) is 111 Å². The highest BCUT2D eigenvalue weighted by atomic mass is 32.2. The van der Waals surface area contributed by atoms with Crippen molar-refractivity contribution >= 4 is 18.2 Å². The smallest absolute Gasteiger partial charge is 0.264 e. The van der Waals surface area contributed by atoms with E-state index in [1.807, 2.05) is 91.0 Å². The first-order chi connectivity index (χ1) is 23.0. The molecule has 48 heavy (non-hydrogen) atoms. The fraction of sp³-hybridized carbons (Fsp3) is 0.306. The van der Waals surface area contributed by atoms with Crippen LogP contribution in [0.2, 0.25) is 25.7 Å². The van der Waals surface area contributed by atoms with E-state index in [9.17, 15) is 13.2 Å². The minimum absolute atomic E-state index is 0.0495. The van der Waals surface area contributed by atoms with Gasteiger partial charge in [0.05, 0.1) is 19.0 Å². The Morgan fingerprint density at radius 1 is 0.875 bits per heavy atom.